The van der Waals surface area contributed by atoms with Crippen molar-refractivity contribution in [3.05, 3.63) is 54.3 Å². The molecule has 0 fully saturated rings. The number of hydrogen-bond acceptors (Lipinski definition) is 1. The van der Waals surface area contributed by atoms with E-state index in [1.807, 2.05) is 30.5 Å². The molecule has 0 aliphatic carbocycles. The molecule has 1 aromatic carbocycles. The van der Waals surface area contributed by atoms with Gasteiger partial charge in [-0.05, 0) is 37.1 Å². The van der Waals surface area contributed by atoms with Gasteiger partial charge in [0.1, 0.15) is 0 Å². The van der Waals surface area contributed by atoms with E-state index < -0.39 is 0 Å². The summed E-state index contributed by atoms with van der Waals surface area (Å²) in [6, 6.07) is 10.3. The first kappa shape index (κ1) is 11.5. The Bertz CT molecular complexity index is 332. The Morgan fingerprint density at radius 3 is 2.73 bits per heavy atom. The van der Waals surface area contributed by atoms with Crippen molar-refractivity contribution in [2.24, 2.45) is 4.99 Å². The number of nitrogens with zero attached hydrogens (tertiary/aromatic N) is 1. The van der Waals surface area contributed by atoms with Crippen LogP contribution in [0.4, 0.5) is 0 Å². The van der Waals surface area contributed by atoms with Crippen LogP contribution in [0.2, 0.25) is 0 Å². The molecule has 1 nitrogen and oxygen atoms in total. The maximum atomic E-state index is 4.36. The zero-order valence-electron chi connectivity index (χ0n) is 9.02. The molecule has 1 aromatic rings. The van der Waals surface area contributed by atoms with Crippen LogP contribution in [-0.4, -0.2) is 6.21 Å². The van der Waals surface area contributed by atoms with E-state index in [1.54, 1.807) is 0 Å². The van der Waals surface area contributed by atoms with Gasteiger partial charge in [0.05, 0.1) is 6.54 Å². The fourth-order valence-electron chi connectivity index (χ4n) is 1.26. The second-order valence-corrected chi connectivity index (χ2v) is 3.35. The number of rotatable bonds is 6. The lowest BCUT2D eigenvalue weighted by Crippen LogP contribution is -1.81. The van der Waals surface area contributed by atoms with Crippen molar-refractivity contribution in [2.75, 3.05) is 0 Å². The van der Waals surface area contributed by atoms with Crippen LogP contribution in [-0.2, 0) is 6.54 Å². The number of allylic oxidation sites excluding steroid dienone is 1. The predicted molar refractivity (Wildman–Crippen MR) is 66.2 cm³/mol. The summed E-state index contributed by atoms with van der Waals surface area (Å²) in [7, 11) is 0. The van der Waals surface area contributed by atoms with Gasteiger partial charge < -0.3 is 0 Å². The highest BCUT2D eigenvalue weighted by Gasteiger charge is 1.86. The molecule has 0 N–H and O–H groups in total. The van der Waals surface area contributed by atoms with Crippen molar-refractivity contribution in [1.29, 1.82) is 0 Å². The molecule has 0 saturated carbocycles. The normalized spacial score (nSPS) is 10.1. The third kappa shape index (κ3) is 5.66. The first-order valence-electron chi connectivity index (χ1n) is 5.30. The van der Waals surface area contributed by atoms with Crippen molar-refractivity contribution in [3.63, 3.8) is 0 Å². The van der Waals surface area contributed by atoms with Crippen molar-refractivity contribution in [1.82, 2.24) is 0 Å². The number of hydrogen-bond donors (Lipinski definition) is 0. The molecule has 0 aromatic heterocycles. The van der Waals surface area contributed by atoms with Gasteiger partial charge in [0.2, 0.25) is 0 Å². The van der Waals surface area contributed by atoms with Crippen LogP contribution in [0.15, 0.2) is 53.7 Å². The lowest BCUT2D eigenvalue weighted by atomic mass is 10.2. The highest BCUT2D eigenvalue weighted by molar-refractivity contribution is 5.57. The molecule has 0 radical (unpaired) electrons. The van der Waals surface area contributed by atoms with E-state index in [2.05, 4.69) is 29.4 Å². The van der Waals surface area contributed by atoms with Crippen LogP contribution in [0.3, 0.4) is 0 Å². The highest BCUT2D eigenvalue weighted by atomic mass is 14.7. The Balaban J connectivity index is 2.14. The molecular weight excluding hydrogens is 182 g/mol. The second-order valence-electron chi connectivity index (χ2n) is 3.35. The number of unbranched alkanes of at least 4 members (excludes halogenated alkanes) is 2. The number of aliphatic imine (C=N–C) groups is 1. The topological polar surface area (TPSA) is 12.4 Å². The molecular formula is C14H17N. The summed E-state index contributed by atoms with van der Waals surface area (Å²) in [5.74, 6) is 0. The maximum absolute atomic E-state index is 4.36. The average molecular weight is 199 g/mol. The summed E-state index contributed by atoms with van der Waals surface area (Å²) in [4.78, 5) is 4.36. The Hall–Kier alpha value is -1.59. The number of benzene rings is 1. The van der Waals surface area contributed by atoms with Crippen LogP contribution in [0, 0.1) is 0 Å². The van der Waals surface area contributed by atoms with E-state index in [4.69, 9.17) is 0 Å². The van der Waals surface area contributed by atoms with E-state index >= 15 is 0 Å². The zero-order valence-corrected chi connectivity index (χ0v) is 9.02. The standard InChI is InChI=1S/C14H17N/c1-2-3-4-5-9-12-15-13-14-10-7-6-8-11-14/h3,6-8,10-12H,1,4-5,9,13H2. The van der Waals surface area contributed by atoms with Crippen LogP contribution < -0.4 is 0 Å². The molecule has 0 aliphatic rings. The summed E-state index contributed by atoms with van der Waals surface area (Å²) in [5.41, 5.74) is 4.03. The first-order chi connectivity index (χ1) is 7.43. The minimum atomic E-state index is 0.790. The van der Waals surface area contributed by atoms with Crippen molar-refractivity contribution < 1.29 is 0 Å². The molecule has 0 unspecified atom stereocenters. The Kier molecular flexibility index (Phi) is 5.96. The molecule has 0 bridgehead atoms. The molecule has 1 heteroatoms. The van der Waals surface area contributed by atoms with E-state index in [0.717, 1.165) is 25.8 Å². The molecule has 78 valence electrons. The third-order valence-corrected chi connectivity index (χ3v) is 2.07. The smallest absolute Gasteiger partial charge is 0.0635 e. The minimum absolute atomic E-state index is 0.790. The zero-order chi connectivity index (χ0) is 10.8. The Labute approximate surface area is 91.9 Å². The van der Waals surface area contributed by atoms with Gasteiger partial charge in [0.25, 0.3) is 0 Å². The van der Waals surface area contributed by atoms with Gasteiger partial charge in [0.15, 0.2) is 0 Å². The first-order valence-corrected chi connectivity index (χ1v) is 5.30. The molecule has 0 spiro atoms. The fourth-order valence-corrected chi connectivity index (χ4v) is 1.26. The van der Waals surface area contributed by atoms with Gasteiger partial charge in [-0.25, -0.2) is 0 Å². The van der Waals surface area contributed by atoms with Gasteiger partial charge in [-0.1, -0.05) is 36.9 Å². The summed E-state index contributed by atoms with van der Waals surface area (Å²) in [6.07, 6.45) is 7.17. The summed E-state index contributed by atoms with van der Waals surface area (Å²) in [6.45, 7) is 4.31. The van der Waals surface area contributed by atoms with Gasteiger partial charge in [-0.15, -0.1) is 5.73 Å². The van der Waals surface area contributed by atoms with Gasteiger partial charge in [0, 0.05) is 0 Å². The molecule has 0 amide bonds. The summed E-state index contributed by atoms with van der Waals surface area (Å²) in [5, 5.41) is 0. The quantitative estimate of drug-likeness (QED) is 0.376. The third-order valence-electron chi connectivity index (χ3n) is 2.07. The fraction of sp³-hybridized carbons (Fsp3) is 0.286. The van der Waals surface area contributed by atoms with E-state index in [1.165, 1.54) is 5.56 Å². The monoisotopic (exact) mass is 199 g/mol. The molecule has 0 heterocycles. The van der Waals surface area contributed by atoms with Crippen LogP contribution in [0.25, 0.3) is 0 Å². The summed E-state index contributed by atoms with van der Waals surface area (Å²) < 4.78 is 0. The van der Waals surface area contributed by atoms with Crippen molar-refractivity contribution in [3.8, 4) is 0 Å². The lowest BCUT2D eigenvalue weighted by molar-refractivity contribution is 0.897. The average Bonchev–Trinajstić information content (AvgIpc) is 2.29. The molecule has 0 saturated heterocycles. The molecule has 15 heavy (non-hydrogen) atoms. The molecule has 0 atom stereocenters. The van der Waals surface area contributed by atoms with Gasteiger partial charge in [-0.2, -0.15) is 0 Å². The van der Waals surface area contributed by atoms with Crippen LogP contribution in [0.1, 0.15) is 24.8 Å². The summed E-state index contributed by atoms with van der Waals surface area (Å²) >= 11 is 0. The minimum Gasteiger partial charge on any atom is -0.293 e. The van der Waals surface area contributed by atoms with E-state index in [0.29, 0.717) is 0 Å². The van der Waals surface area contributed by atoms with Crippen molar-refractivity contribution >= 4 is 6.21 Å². The van der Waals surface area contributed by atoms with Gasteiger partial charge >= 0.3 is 0 Å². The SMILES string of the molecule is C=C=CCCCC=NCc1ccccc1. The van der Waals surface area contributed by atoms with E-state index in [-0.39, 0.29) is 0 Å². The van der Waals surface area contributed by atoms with Crippen molar-refractivity contribution in [2.45, 2.75) is 25.8 Å². The lowest BCUT2D eigenvalue weighted by Gasteiger charge is -1.94. The molecule has 1 rings (SSSR count). The van der Waals surface area contributed by atoms with Crippen LogP contribution in [0.5, 0.6) is 0 Å². The molecule has 0 aliphatic heterocycles. The van der Waals surface area contributed by atoms with Crippen LogP contribution >= 0.6 is 0 Å². The Morgan fingerprint density at radius 2 is 2.00 bits per heavy atom. The van der Waals surface area contributed by atoms with E-state index in [9.17, 15) is 0 Å². The second kappa shape index (κ2) is 7.78. The maximum Gasteiger partial charge on any atom is 0.0635 e. The highest BCUT2D eigenvalue weighted by Crippen LogP contribution is 2.00. The largest absolute Gasteiger partial charge is 0.293 e. The van der Waals surface area contributed by atoms with Gasteiger partial charge in [-0.3, -0.25) is 4.99 Å². The Morgan fingerprint density at radius 1 is 1.20 bits per heavy atom. The predicted octanol–water partition coefficient (Wildman–Crippen LogP) is 3.77.